The van der Waals surface area contributed by atoms with E-state index in [0.717, 1.165) is 33.1 Å². The molecule has 160 valence electrons. The normalized spacial score (nSPS) is 12.1. The lowest BCUT2D eigenvalue weighted by Crippen LogP contribution is -2.40. The van der Waals surface area contributed by atoms with E-state index in [1.165, 1.54) is 12.1 Å². The van der Waals surface area contributed by atoms with Crippen LogP contribution in [0.1, 0.15) is 16.8 Å². The predicted octanol–water partition coefficient (Wildman–Crippen LogP) is 5.52. The molecule has 5 aromatic rings. The molecule has 0 aliphatic heterocycles. The fraction of sp³-hybridized carbons (Fsp3) is 0.154. The van der Waals surface area contributed by atoms with E-state index in [0.29, 0.717) is 11.4 Å². The maximum Gasteiger partial charge on any atom is 0.416 e. The van der Waals surface area contributed by atoms with Gasteiger partial charge in [-0.15, -0.1) is 9.36 Å². The molecule has 6 heteroatoms. The Balaban J connectivity index is 1.91. The summed E-state index contributed by atoms with van der Waals surface area (Å²) in [6, 6.07) is 21.9. The molecule has 0 aliphatic rings. The van der Waals surface area contributed by atoms with Crippen LogP contribution >= 0.6 is 0 Å². The summed E-state index contributed by atoms with van der Waals surface area (Å²) in [5, 5.41) is 1.93. The van der Waals surface area contributed by atoms with Crippen molar-refractivity contribution < 1.29 is 22.4 Å². The van der Waals surface area contributed by atoms with Crippen LogP contribution in [0.25, 0.3) is 33.2 Å². The number of aryl methyl sites for hydroxylation is 2. The maximum absolute atomic E-state index is 14.0. The summed E-state index contributed by atoms with van der Waals surface area (Å²) in [7, 11) is 1.84. The Labute approximate surface area is 183 Å². The van der Waals surface area contributed by atoms with Gasteiger partial charge in [-0.25, -0.2) is 0 Å². The lowest BCUT2D eigenvalue weighted by atomic mass is 10.0. The largest absolute Gasteiger partial charge is 0.416 e. The zero-order valence-electron chi connectivity index (χ0n) is 18.0. The molecule has 3 nitrogen and oxygen atoms in total. The predicted molar refractivity (Wildman–Crippen MR) is 118 cm³/mol. The molecular formula is C26H22F3N3+2. The van der Waals surface area contributed by atoms with Crippen LogP contribution in [0.15, 0.2) is 79.0 Å². The Bertz CT molecular complexity index is 1500. The second-order valence-electron chi connectivity index (χ2n) is 8.08. The lowest BCUT2D eigenvalue weighted by molar-refractivity contribution is -0.741. The average Bonchev–Trinajstić information content (AvgIpc) is 3.09. The van der Waals surface area contributed by atoms with Gasteiger partial charge in [-0.3, -0.25) is 0 Å². The molecule has 0 N–H and O–H groups in total. The van der Waals surface area contributed by atoms with Gasteiger partial charge in [0.25, 0.3) is 0 Å². The third-order valence-corrected chi connectivity index (χ3v) is 5.99. The summed E-state index contributed by atoms with van der Waals surface area (Å²) in [5.41, 5.74) is 3.68. The van der Waals surface area contributed by atoms with Crippen LogP contribution in [0.2, 0.25) is 0 Å². The summed E-state index contributed by atoms with van der Waals surface area (Å²) in [4.78, 5) is 0. The highest BCUT2D eigenvalue weighted by Gasteiger charge is 2.35. The van der Waals surface area contributed by atoms with Gasteiger partial charge in [-0.2, -0.15) is 17.7 Å². The van der Waals surface area contributed by atoms with Crippen LogP contribution in [0, 0.1) is 13.8 Å². The number of para-hydroxylation sites is 2. The van der Waals surface area contributed by atoms with Crippen LogP contribution < -0.4 is 9.25 Å². The molecule has 32 heavy (non-hydrogen) atoms. The molecule has 2 aromatic heterocycles. The first-order chi connectivity index (χ1) is 15.3. The first-order valence-electron chi connectivity index (χ1n) is 10.3. The summed E-state index contributed by atoms with van der Waals surface area (Å²) in [6.45, 7) is 3.80. The van der Waals surface area contributed by atoms with Crippen molar-refractivity contribution >= 4 is 21.8 Å². The minimum Gasteiger partial charge on any atom is -0.166 e. The van der Waals surface area contributed by atoms with Crippen molar-refractivity contribution in [2.75, 3.05) is 0 Å². The van der Waals surface area contributed by atoms with Crippen molar-refractivity contribution in [2.45, 2.75) is 20.0 Å². The van der Waals surface area contributed by atoms with E-state index in [1.54, 1.807) is 0 Å². The van der Waals surface area contributed by atoms with Crippen molar-refractivity contribution in [3.05, 3.63) is 95.8 Å². The zero-order valence-corrected chi connectivity index (χ0v) is 18.0. The third-order valence-electron chi connectivity index (χ3n) is 5.99. The molecular weight excluding hydrogens is 411 g/mol. The van der Waals surface area contributed by atoms with Crippen LogP contribution in [0.3, 0.4) is 0 Å². The van der Waals surface area contributed by atoms with E-state index in [2.05, 4.69) is 0 Å². The van der Waals surface area contributed by atoms with Crippen LogP contribution in [-0.4, -0.2) is 4.68 Å². The smallest absolute Gasteiger partial charge is 0.166 e. The lowest BCUT2D eigenvalue weighted by Gasteiger charge is -2.14. The van der Waals surface area contributed by atoms with E-state index in [-0.39, 0.29) is 0 Å². The fourth-order valence-corrected chi connectivity index (χ4v) is 4.44. The highest BCUT2D eigenvalue weighted by molar-refractivity contribution is 5.80. The number of benzene rings is 3. The molecule has 0 saturated heterocycles. The Kier molecular flexibility index (Phi) is 4.55. The molecule has 0 unspecified atom stereocenters. The van der Waals surface area contributed by atoms with E-state index in [9.17, 15) is 13.2 Å². The van der Waals surface area contributed by atoms with Crippen LogP contribution in [0.5, 0.6) is 0 Å². The van der Waals surface area contributed by atoms with Gasteiger partial charge in [0.05, 0.1) is 16.5 Å². The van der Waals surface area contributed by atoms with Gasteiger partial charge in [0.15, 0.2) is 12.7 Å². The van der Waals surface area contributed by atoms with Gasteiger partial charge in [0.2, 0.25) is 17.4 Å². The third kappa shape index (κ3) is 3.14. The monoisotopic (exact) mass is 433 g/mol. The summed E-state index contributed by atoms with van der Waals surface area (Å²) >= 11 is 0. The van der Waals surface area contributed by atoms with Gasteiger partial charge in [0, 0.05) is 30.5 Å². The highest BCUT2D eigenvalue weighted by atomic mass is 19.4. The number of pyridine rings is 1. The first-order valence-corrected chi connectivity index (χ1v) is 10.3. The standard InChI is InChI=1S/C26H22F3N3/c1-17-12-13-19-8-4-6-10-22(19)31(17)24-14-21(26(27,28)29)15-25(18(24)2)32-23-11-7-5-9-20(23)16-30(32)3/h4-16H,1-3H3/q+2. The molecule has 0 saturated carbocycles. The molecule has 0 atom stereocenters. The number of aromatic nitrogens is 3. The van der Waals surface area contributed by atoms with Crippen molar-refractivity contribution in [1.82, 2.24) is 4.68 Å². The Hall–Kier alpha value is -3.67. The van der Waals surface area contributed by atoms with E-state index >= 15 is 0 Å². The van der Waals surface area contributed by atoms with Crippen LogP contribution in [0.4, 0.5) is 13.2 Å². The van der Waals surface area contributed by atoms with Crippen molar-refractivity contribution in [1.29, 1.82) is 0 Å². The van der Waals surface area contributed by atoms with Gasteiger partial charge < -0.3 is 0 Å². The van der Waals surface area contributed by atoms with Crippen molar-refractivity contribution in [3.63, 3.8) is 0 Å². The van der Waals surface area contributed by atoms with Gasteiger partial charge in [-0.05, 0) is 37.3 Å². The number of hydrogen-bond donors (Lipinski definition) is 0. The Morgan fingerprint density at radius 3 is 2.25 bits per heavy atom. The molecule has 0 fully saturated rings. The highest BCUT2D eigenvalue weighted by Crippen LogP contribution is 2.34. The van der Waals surface area contributed by atoms with Crippen LogP contribution in [-0.2, 0) is 13.2 Å². The topological polar surface area (TPSA) is 12.7 Å². The van der Waals surface area contributed by atoms with Gasteiger partial charge in [-0.1, -0.05) is 24.3 Å². The summed E-state index contributed by atoms with van der Waals surface area (Å²) < 4.78 is 47.7. The fourth-order valence-electron chi connectivity index (χ4n) is 4.44. The molecule has 0 bridgehead atoms. The van der Waals surface area contributed by atoms with E-state index < -0.39 is 11.7 Å². The Morgan fingerprint density at radius 1 is 0.812 bits per heavy atom. The molecule has 0 spiro atoms. The number of rotatable bonds is 2. The number of halogens is 3. The van der Waals surface area contributed by atoms with Crippen molar-refractivity contribution in [2.24, 2.45) is 7.05 Å². The molecule has 0 radical (unpaired) electrons. The summed E-state index contributed by atoms with van der Waals surface area (Å²) in [6.07, 6.45) is -2.55. The molecule has 0 amide bonds. The second-order valence-corrected chi connectivity index (χ2v) is 8.08. The van der Waals surface area contributed by atoms with E-state index in [1.807, 2.05) is 102 Å². The molecule has 0 aliphatic carbocycles. The Morgan fingerprint density at radius 2 is 1.50 bits per heavy atom. The van der Waals surface area contributed by atoms with Crippen molar-refractivity contribution in [3.8, 4) is 11.4 Å². The first kappa shape index (κ1) is 20.2. The zero-order chi connectivity index (χ0) is 22.6. The second kappa shape index (κ2) is 7.19. The number of hydrogen-bond acceptors (Lipinski definition) is 0. The minimum atomic E-state index is -4.47. The number of nitrogens with zero attached hydrogens (tertiary/aromatic N) is 3. The number of fused-ring (bicyclic) bond motifs is 2. The average molecular weight is 433 g/mol. The van der Waals surface area contributed by atoms with E-state index in [4.69, 9.17) is 0 Å². The molecule has 3 aromatic carbocycles. The van der Waals surface area contributed by atoms with Gasteiger partial charge in [0.1, 0.15) is 11.2 Å². The maximum atomic E-state index is 14.0. The number of alkyl halides is 3. The minimum absolute atomic E-state index is 0.498. The quantitative estimate of drug-likeness (QED) is 0.325. The SMILES string of the molecule is Cc1c(-n2c3ccccc3c[n+]2C)cc(C(F)(F)F)cc1-[n+]1c(C)ccc2ccccc21. The van der Waals surface area contributed by atoms with Gasteiger partial charge >= 0.3 is 6.18 Å². The molecule has 5 rings (SSSR count). The molecule has 2 heterocycles. The summed E-state index contributed by atoms with van der Waals surface area (Å²) in [5.74, 6) is 0.